The Bertz CT molecular complexity index is 870. The summed E-state index contributed by atoms with van der Waals surface area (Å²) in [5.41, 5.74) is 8.03. The first-order valence-electron chi connectivity index (χ1n) is 9.52. The molecule has 0 unspecified atom stereocenters. The van der Waals surface area contributed by atoms with Gasteiger partial charge in [0.15, 0.2) is 17.3 Å². The Kier molecular flexibility index (Phi) is 7.90. The van der Waals surface area contributed by atoms with Gasteiger partial charge in [-0.3, -0.25) is 9.59 Å². The van der Waals surface area contributed by atoms with E-state index in [9.17, 15) is 9.59 Å². The summed E-state index contributed by atoms with van der Waals surface area (Å²) in [7, 11) is 3.64. The minimum atomic E-state index is -0.641. The third-order valence-corrected chi connectivity index (χ3v) is 4.38. The molecule has 2 amide bonds. The fourth-order valence-electron chi connectivity index (χ4n) is 2.79. The number of hydrogen-bond acceptors (Lipinski definition) is 7. The second kappa shape index (κ2) is 10.4. The Balaban J connectivity index is 2.20. The van der Waals surface area contributed by atoms with Crippen molar-refractivity contribution in [3.63, 3.8) is 0 Å². The van der Waals surface area contributed by atoms with Crippen molar-refractivity contribution in [2.75, 3.05) is 43.9 Å². The van der Waals surface area contributed by atoms with Crippen molar-refractivity contribution >= 4 is 29.1 Å². The molecule has 1 heterocycles. The summed E-state index contributed by atoms with van der Waals surface area (Å²) in [5.74, 6) is 0.314. The second-order valence-electron chi connectivity index (χ2n) is 6.66. The molecule has 0 aliphatic heterocycles. The van der Waals surface area contributed by atoms with E-state index in [1.54, 1.807) is 14.0 Å². The molecule has 2 aromatic rings. The van der Waals surface area contributed by atoms with Crippen LogP contribution in [-0.2, 0) is 11.2 Å². The normalized spacial score (nSPS) is 10.5. The van der Waals surface area contributed by atoms with Gasteiger partial charge in [-0.2, -0.15) is 0 Å². The van der Waals surface area contributed by atoms with Crippen molar-refractivity contribution in [2.24, 2.45) is 5.73 Å². The Labute approximate surface area is 171 Å². The lowest BCUT2D eigenvalue weighted by molar-refractivity contribution is -0.120. The first kappa shape index (κ1) is 22.1. The highest BCUT2D eigenvalue weighted by atomic mass is 16.2. The van der Waals surface area contributed by atoms with Crippen LogP contribution in [-0.4, -0.2) is 55.5 Å². The fraction of sp³-hybridized carbons (Fsp3) is 0.400. The number of nitrogens with one attached hydrogen (secondary N) is 3. The maximum Gasteiger partial charge on any atom is 0.271 e. The van der Waals surface area contributed by atoms with Gasteiger partial charge < -0.3 is 26.6 Å². The van der Waals surface area contributed by atoms with Crippen molar-refractivity contribution in [1.29, 1.82) is 0 Å². The molecule has 0 radical (unpaired) electrons. The topological polar surface area (TPSA) is 125 Å². The minimum absolute atomic E-state index is 0.0459. The average molecular weight is 399 g/mol. The summed E-state index contributed by atoms with van der Waals surface area (Å²) in [6, 6.07) is 7.69. The number of rotatable bonds is 10. The highest BCUT2D eigenvalue weighted by Crippen LogP contribution is 2.24. The summed E-state index contributed by atoms with van der Waals surface area (Å²) >= 11 is 0. The minimum Gasteiger partial charge on any atom is -0.364 e. The molecule has 1 aromatic heterocycles. The molecule has 0 aliphatic carbocycles. The Morgan fingerprint density at radius 2 is 2.00 bits per heavy atom. The Morgan fingerprint density at radius 3 is 2.66 bits per heavy atom. The summed E-state index contributed by atoms with van der Waals surface area (Å²) in [6.45, 7) is 5.38. The van der Waals surface area contributed by atoms with Crippen LogP contribution in [0.4, 0.5) is 17.3 Å². The molecule has 0 saturated carbocycles. The first-order chi connectivity index (χ1) is 13.8. The molecular weight excluding hydrogens is 370 g/mol. The van der Waals surface area contributed by atoms with Crippen LogP contribution in [0.3, 0.4) is 0 Å². The van der Waals surface area contributed by atoms with Crippen LogP contribution in [0, 0.1) is 6.92 Å². The molecule has 0 spiro atoms. The van der Waals surface area contributed by atoms with Gasteiger partial charge >= 0.3 is 0 Å². The largest absolute Gasteiger partial charge is 0.364 e. The number of aryl methyl sites for hydroxylation is 1. The van der Waals surface area contributed by atoms with E-state index < -0.39 is 5.91 Å². The number of carbonyl (C=O) groups excluding carboxylic acids is 2. The zero-order valence-corrected chi connectivity index (χ0v) is 17.4. The van der Waals surface area contributed by atoms with Crippen molar-refractivity contribution in [3.8, 4) is 0 Å². The number of anilines is 3. The molecule has 0 atom stereocenters. The maximum atomic E-state index is 11.9. The Morgan fingerprint density at radius 1 is 1.24 bits per heavy atom. The van der Waals surface area contributed by atoms with E-state index in [1.807, 2.05) is 43.1 Å². The van der Waals surface area contributed by atoms with Crippen molar-refractivity contribution in [2.45, 2.75) is 20.3 Å². The zero-order chi connectivity index (χ0) is 21.4. The molecule has 0 bridgehead atoms. The van der Waals surface area contributed by atoms with E-state index >= 15 is 0 Å². The predicted molar refractivity (Wildman–Crippen MR) is 115 cm³/mol. The molecular formula is C20H29N7O2. The number of hydrogen-bond donors (Lipinski definition) is 4. The SMILES string of the molecule is CCN(C)c1nc(Nc2cccc(CCNC(=O)CNC)c2)c(C(N)=O)nc1C. The van der Waals surface area contributed by atoms with Gasteiger partial charge in [-0.1, -0.05) is 12.1 Å². The van der Waals surface area contributed by atoms with E-state index in [1.165, 1.54) is 0 Å². The molecule has 156 valence electrons. The van der Waals surface area contributed by atoms with Gasteiger partial charge in [-0.05, 0) is 45.0 Å². The van der Waals surface area contributed by atoms with Gasteiger partial charge in [-0.15, -0.1) is 0 Å². The standard InChI is InChI=1S/C20H29N7O2/c1-5-27(4)20-13(2)24-17(18(21)29)19(26-20)25-15-8-6-7-14(11-15)9-10-23-16(28)12-22-3/h6-8,11,22H,5,9-10,12H2,1-4H3,(H2,21,29)(H,23,28)(H,25,26). The number of primary amides is 1. The number of aromatic nitrogens is 2. The number of carbonyl (C=O) groups is 2. The molecule has 1 aromatic carbocycles. The van der Waals surface area contributed by atoms with E-state index in [0.29, 0.717) is 30.3 Å². The van der Waals surface area contributed by atoms with Crippen LogP contribution in [0.1, 0.15) is 28.7 Å². The molecule has 0 aliphatic rings. The molecule has 5 N–H and O–H groups in total. The number of nitrogens with zero attached hydrogens (tertiary/aromatic N) is 3. The van der Waals surface area contributed by atoms with Crippen molar-refractivity contribution in [1.82, 2.24) is 20.6 Å². The highest BCUT2D eigenvalue weighted by molar-refractivity contribution is 5.96. The van der Waals surface area contributed by atoms with Gasteiger partial charge in [0.1, 0.15) is 0 Å². The van der Waals surface area contributed by atoms with Gasteiger partial charge in [0.25, 0.3) is 5.91 Å². The fourth-order valence-corrected chi connectivity index (χ4v) is 2.79. The van der Waals surface area contributed by atoms with Crippen LogP contribution in [0.2, 0.25) is 0 Å². The second-order valence-corrected chi connectivity index (χ2v) is 6.66. The summed E-state index contributed by atoms with van der Waals surface area (Å²) in [4.78, 5) is 34.3. The average Bonchev–Trinajstić information content (AvgIpc) is 2.69. The van der Waals surface area contributed by atoms with Crippen LogP contribution in [0.25, 0.3) is 0 Å². The lowest BCUT2D eigenvalue weighted by Gasteiger charge is -2.20. The highest BCUT2D eigenvalue weighted by Gasteiger charge is 2.17. The smallest absolute Gasteiger partial charge is 0.271 e. The quantitative estimate of drug-likeness (QED) is 0.469. The molecule has 29 heavy (non-hydrogen) atoms. The molecule has 9 nitrogen and oxygen atoms in total. The first-order valence-corrected chi connectivity index (χ1v) is 9.52. The summed E-state index contributed by atoms with van der Waals surface area (Å²) < 4.78 is 0. The lowest BCUT2D eigenvalue weighted by Crippen LogP contribution is -2.33. The van der Waals surface area contributed by atoms with Gasteiger partial charge in [0.05, 0.1) is 12.2 Å². The number of likely N-dealkylation sites (N-methyl/N-ethyl adjacent to an activating group) is 1. The number of nitrogens with two attached hydrogens (primary N) is 1. The summed E-state index contributed by atoms with van der Waals surface area (Å²) in [6.07, 6.45) is 0.678. The van der Waals surface area contributed by atoms with Crippen LogP contribution >= 0.6 is 0 Å². The monoisotopic (exact) mass is 399 g/mol. The van der Waals surface area contributed by atoms with E-state index in [4.69, 9.17) is 5.73 Å². The third kappa shape index (κ3) is 6.15. The Hall–Kier alpha value is -3.20. The van der Waals surface area contributed by atoms with E-state index in [2.05, 4.69) is 25.9 Å². The van der Waals surface area contributed by atoms with Crippen LogP contribution < -0.4 is 26.6 Å². The number of benzene rings is 1. The molecule has 0 saturated heterocycles. The van der Waals surface area contributed by atoms with Crippen LogP contribution in [0.5, 0.6) is 0 Å². The number of amides is 2. The molecule has 9 heteroatoms. The van der Waals surface area contributed by atoms with Crippen molar-refractivity contribution < 1.29 is 9.59 Å². The summed E-state index contributed by atoms with van der Waals surface area (Å²) in [5, 5.41) is 8.82. The maximum absolute atomic E-state index is 11.9. The van der Waals surface area contributed by atoms with Gasteiger partial charge in [-0.25, -0.2) is 9.97 Å². The molecule has 2 rings (SSSR count). The lowest BCUT2D eigenvalue weighted by atomic mass is 10.1. The van der Waals surface area contributed by atoms with Crippen molar-refractivity contribution in [3.05, 3.63) is 41.2 Å². The van der Waals surface area contributed by atoms with E-state index in [-0.39, 0.29) is 18.1 Å². The van der Waals surface area contributed by atoms with E-state index in [0.717, 1.165) is 17.8 Å². The molecule has 0 fully saturated rings. The van der Waals surface area contributed by atoms with Gasteiger partial charge in [0.2, 0.25) is 5.91 Å². The predicted octanol–water partition coefficient (Wildman–Crippen LogP) is 0.962. The third-order valence-electron chi connectivity index (χ3n) is 4.38. The zero-order valence-electron chi connectivity index (χ0n) is 17.4. The van der Waals surface area contributed by atoms with Crippen LogP contribution in [0.15, 0.2) is 24.3 Å². The van der Waals surface area contributed by atoms with Gasteiger partial charge in [0, 0.05) is 25.8 Å².